The van der Waals surface area contributed by atoms with Gasteiger partial charge in [0.05, 0.1) is 19.0 Å². The second kappa shape index (κ2) is 5.69. The lowest BCUT2D eigenvalue weighted by molar-refractivity contribution is -0.141. The summed E-state index contributed by atoms with van der Waals surface area (Å²) in [5, 5.41) is 8.95. The Bertz CT molecular complexity index is 392. The molecule has 0 aromatic carbocycles. The highest BCUT2D eigenvalue weighted by Gasteiger charge is 2.43. The molecular formula is C13H20N2O4. The van der Waals surface area contributed by atoms with E-state index >= 15 is 0 Å². The molecule has 0 radical (unpaired) electrons. The lowest BCUT2D eigenvalue weighted by Crippen LogP contribution is -2.45. The van der Waals surface area contributed by atoms with Gasteiger partial charge in [0.1, 0.15) is 0 Å². The Morgan fingerprint density at radius 1 is 1.42 bits per heavy atom. The first-order valence-electron chi connectivity index (χ1n) is 6.83. The van der Waals surface area contributed by atoms with Gasteiger partial charge in [0.2, 0.25) is 11.8 Å². The van der Waals surface area contributed by atoms with E-state index in [2.05, 4.69) is 0 Å². The van der Waals surface area contributed by atoms with Crippen LogP contribution in [0.4, 0.5) is 0 Å². The van der Waals surface area contributed by atoms with Crippen molar-refractivity contribution >= 4 is 17.8 Å². The van der Waals surface area contributed by atoms with Crippen LogP contribution in [0, 0.1) is 5.92 Å². The van der Waals surface area contributed by atoms with Crippen molar-refractivity contribution in [2.75, 3.05) is 19.6 Å². The summed E-state index contributed by atoms with van der Waals surface area (Å²) in [5.74, 6) is -0.867. The number of rotatable bonds is 7. The molecule has 1 saturated heterocycles. The minimum Gasteiger partial charge on any atom is -0.480 e. The number of carboxylic acid groups (broad SMARTS) is 1. The fourth-order valence-corrected chi connectivity index (χ4v) is 2.52. The molecule has 6 nitrogen and oxygen atoms in total. The van der Waals surface area contributed by atoms with Crippen molar-refractivity contribution in [2.24, 2.45) is 5.92 Å². The lowest BCUT2D eigenvalue weighted by atomic mass is 10.2. The number of carboxylic acids is 1. The zero-order valence-corrected chi connectivity index (χ0v) is 11.2. The molecule has 2 fully saturated rings. The van der Waals surface area contributed by atoms with Crippen molar-refractivity contribution in [3.05, 3.63) is 0 Å². The Hall–Kier alpha value is -1.43. The van der Waals surface area contributed by atoms with E-state index in [0.29, 0.717) is 19.0 Å². The normalized spacial score (nSPS) is 23.5. The monoisotopic (exact) mass is 268 g/mol. The molecule has 6 heteroatoms. The Kier molecular flexibility index (Phi) is 4.19. The van der Waals surface area contributed by atoms with E-state index < -0.39 is 12.0 Å². The average molecular weight is 268 g/mol. The molecule has 106 valence electrons. The predicted octanol–water partition coefficient (Wildman–Crippen LogP) is 0.320. The van der Waals surface area contributed by atoms with E-state index in [1.165, 1.54) is 4.90 Å². The van der Waals surface area contributed by atoms with E-state index in [-0.39, 0.29) is 24.8 Å². The molecular weight excluding hydrogens is 248 g/mol. The van der Waals surface area contributed by atoms with Gasteiger partial charge in [-0.15, -0.1) is 0 Å². The first-order valence-corrected chi connectivity index (χ1v) is 6.83. The van der Waals surface area contributed by atoms with Crippen LogP contribution in [-0.4, -0.2) is 58.4 Å². The maximum Gasteiger partial charge on any atom is 0.317 e. The van der Waals surface area contributed by atoms with Gasteiger partial charge in [-0.2, -0.15) is 0 Å². The Balaban J connectivity index is 2.05. The van der Waals surface area contributed by atoms with Gasteiger partial charge in [-0.3, -0.25) is 24.2 Å². The van der Waals surface area contributed by atoms with Crippen LogP contribution in [0.1, 0.15) is 32.6 Å². The maximum absolute atomic E-state index is 12.2. The topological polar surface area (TPSA) is 77.9 Å². The van der Waals surface area contributed by atoms with Crippen LogP contribution in [0.15, 0.2) is 0 Å². The fraction of sp³-hybridized carbons (Fsp3) is 0.769. The van der Waals surface area contributed by atoms with Gasteiger partial charge in [0.15, 0.2) is 0 Å². The van der Waals surface area contributed by atoms with E-state index in [1.807, 2.05) is 6.92 Å². The number of likely N-dealkylation sites (tertiary alicyclic amines) is 1. The summed E-state index contributed by atoms with van der Waals surface area (Å²) in [4.78, 5) is 37.9. The number of imide groups is 1. The van der Waals surface area contributed by atoms with Crippen LogP contribution in [0.3, 0.4) is 0 Å². The van der Waals surface area contributed by atoms with Crippen molar-refractivity contribution in [1.82, 2.24) is 9.80 Å². The van der Waals surface area contributed by atoms with Crippen LogP contribution in [0.5, 0.6) is 0 Å². The zero-order chi connectivity index (χ0) is 14.0. The largest absolute Gasteiger partial charge is 0.480 e. The van der Waals surface area contributed by atoms with Gasteiger partial charge in [-0.1, -0.05) is 6.92 Å². The number of carbonyl (C=O) groups excluding carboxylic acids is 2. The third-order valence-corrected chi connectivity index (χ3v) is 3.64. The minimum absolute atomic E-state index is 0.124. The number of aliphatic carboxylic acids is 1. The predicted molar refractivity (Wildman–Crippen MR) is 67.3 cm³/mol. The number of amides is 2. The first kappa shape index (κ1) is 14.0. The summed E-state index contributed by atoms with van der Waals surface area (Å²) in [6.45, 7) is 2.78. The molecule has 1 N–H and O–H groups in total. The zero-order valence-electron chi connectivity index (χ0n) is 11.2. The molecule has 0 bridgehead atoms. The third kappa shape index (κ3) is 3.32. The number of hydrogen-bond acceptors (Lipinski definition) is 4. The fourth-order valence-electron chi connectivity index (χ4n) is 2.52. The Morgan fingerprint density at radius 3 is 2.63 bits per heavy atom. The van der Waals surface area contributed by atoms with Gasteiger partial charge >= 0.3 is 5.97 Å². The maximum atomic E-state index is 12.2. The van der Waals surface area contributed by atoms with Crippen molar-refractivity contribution in [3.8, 4) is 0 Å². The quantitative estimate of drug-likeness (QED) is 0.673. The number of nitrogens with zero attached hydrogens (tertiary/aromatic N) is 2. The standard InChI is InChI=1S/C13H20N2O4/c1-2-5-15-11(16)6-10(13(15)19)14(8-12(17)18)7-9-3-4-9/h9-10H,2-8H2,1H3,(H,17,18). The van der Waals surface area contributed by atoms with Crippen LogP contribution >= 0.6 is 0 Å². The molecule has 1 atom stereocenters. The van der Waals surface area contributed by atoms with Crippen molar-refractivity contribution in [2.45, 2.75) is 38.6 Å². The number of hydrogen-bond donors (Lipinski definition) is 1. The molecule has 0 aromatic rings. The van der Waals surface area contributed by atoms with Gasteiger partial charge < -0.3 is 5.11 Å². The van der Waals surface area contributed by atoms with Gasteiger partial charge in [0.25, 0.3) is 0 Å². The average Bonchev–Trinajstić information content (AvgIpc) is 3.10. The van der Waals surface area contributed by atoms with Crippen molar-refractivity contribution < 1.29 is 19.5 Å². The Labute approximate surface area is 112 Å². The first-order chi connectivity index (χ1) is 9.02. The molecule has 0 aromatic heterocycles. The third-order valence-electron chi connectivity index (χ3n) is 3.64. The molecule has 19 heavy (non-hydrogen) atoms. The molecule has 1 saturated carbocycles. The summed E-state index contributed by atoms with van der Waals surface area (Å²) in [5.41, 5.74) is 0. The molecule has 1 aliphatic heterocycles. The second-order valence-corrected chi connectivity index (χ2v) is 5.37. The summed E-state index contributed by atoms with van der Waals surface area (Å²) in [6.07, 6.45) is 3.03. The molecule has 1 aliphatic carbocycles. The summed E-state index contributed by atoms with van der Waals surface area (Å²) >= 11 is 0. The SMILES string of the molecule is CCCN1C(=O)CC(N(CC(=O)O)CC2CC2)C1=O. The Morgan fingerprint density at radius 2 is 2.11 bits per heavy atom. The molecule has 2 aliphatic rings. The van der Waals surface area contributed by atoms with E-state index in [0.717, 1.165) is 19.3 Å². The highest BCUT2D eigenvalue weighted by Crippen LogP contribution is 2.31. The van der Waals surface area contributed by atoms with Gasteiger partial charge in [-0.05, 0) is 25.2 Å². The van der Waals surface area contributed by atoms with E-state index in [1.54, 1.807) is 4.90 Å². The molecule has 0 spiro atoms. The molecule has 2 rings (SSSR count). The summed E-state index contributed by atoms with van der Waals surface area (Å²) < 4.78 is 0. The molecule has 1 unspecified atom stereocenters. The second-order valence-electron chi connectivity index (χ2n) is 5.37. The minimum atomic E-state index is -0.949. The van der Waals surface area contributed by atoms with Crippen LogP contribution in [-0.2, 0) is 14.4 Å². The number of carbonyl (C=O) groups is 3. The molecule has 1 heterocycles. The van der Waals surface area contributed by atoms with E-state index in [4.69, 9.17) is 5.11 Å². The smallest absolute Gasteiger partial charge is 0.317 e. The van der Waals surface area contributed by atoms with Crippen LogP contribution in [0.25, 0.3) is 0 Å². The highest BCUT2D eigenvalue weighted by atomic mass is 16.4. The summed E-state index contributed by atoms with van der Waals surface area (Å²) in [6, 6.07) is -0.573. The highest BCUT2D eigenvalue weighted by molar-refractivity contribution is 6.05. The lowest BCUT2D eigenvalue weighted by Gasteiger charge is -2.25. The van der Waals surface area contributed by atoms with Gasteiger partial charge in [0, 0.05) is 13.1 Å². The van der Waals surface area contributed by atoms with Crippen LogP contribution in [0.2, 0.25) is 0 Å². The van der Waals surface area contributed by atoms with Crippen molar-refractivity contribution in [3.63, 3.8) is 0 Å². The van der Waals surface area contributed by atoms with Crippen LogP contribution < -0.4 is 0 Å². The van der Waals surface area contributed by atoms with Crippen molar-refractivity contribution in [1.29, 1.82) is 0 Å². The summed E-state index contributed by atoms with van der Waals surface area (Å²) in [7, 11) is 0. The van der Waals surface area contributed by atoms with Gasteiger partial charge in [-0.25, -0.2) is 0 Å². The van der Waals surface area contributed by atoms with E-state index in [9.17, 15) is 14.4 Å². The molecule has 2 amide bonds.